The first-order chi connectivity index (χ1) is 8.15. The Kier molecular flexibility index (Phi) is 3.45. The summed E-state index contributed by atoms with van der Waals surface area (Å²) in [5.41, 5.74) is 2.62. The van der Waals surface area contributed by atoms with Crippen LogP contribution < -0.4 is 5.32 Å². The Bertz CT molecular complexity index is 517. The Balaban J connectivity index is 2.13. The highest BCUT2D eigenvalue weighted by Crippen LogP contribution is 2.19. The summed E-state index contributed by atoms with van der Waals surface area (Å²) in [5.74, 6) is 0.0723. The fourth-order valence-corrected chi connectivity index (χ4v) is 1.61. The average molecular weight is 246 g/mol. The molecule has 2 aromatic rings. The van der Waals surface area contributed by atoms with E-state index in [1.807, 2.05) is 36.4 Å². The molecule has 0 saturated carbocycles. The largest absolute Gasteiger partial charge is 0.356 e. The SMILES string of the molecule is CC(=O)c1ccc(Nc2ccc(Cl)cc2)cc1. The number of carbonyl (C=O) groups excluding carboxylic acids is 1. The Morgan fingerprint density at radius 2 is 1.41 bits per heavy atom. The van der Waals surface area contributed by atoms with Gasteiger partial charge in [-0.15, -0.1) is 0 Å². The minimum absolute atomic E-state index is 0.0723. The molecule has 0 fully saturated rings. The molecule has 0 amide bonds. The predicted octanol–water partition coefficient (Wildman–Crippen LogP) is 4.29. The highest BCUT2D eigenvalue weighted by molar-refractivity contribution is 6.30. The third-order valence-corrected chi connectivity index (χ3v) is 2.68. The quantitative estimate of drug-likeness (QED) is 0.818. The van der Waals surface area contributed by atoms with E-state index in [2.05, 4.69) is 5.32 Å². The lowest BCUT2D eigenvalue weighted by Crippen LogP contribution is -1.93. The molecule has 0 bridgehead atoms. The van der Waals surface area contributed by atoms with E-state index in [4.69, 9.17) is 11.6 Å². The number of halogens is 1. The van der Waals surface area contributed by atoms with Gasteiger partial charge >= 0.3 is 0 Å². The van der Waals surface area contributed by atoms with Gasteiger partial charge in [-0.2, -0.15) is 0 Å². The molecule has 0 aromatic heterocycles. The molecule has 0 radical (unpaired) electrons. The predicted molar refractivity (Wildman–Crippen MR) is 71.2 cm³/mol. The zero-order valence-corrected chi connectivity index (χ0v) is 10.2. The standard InChI is InChI=1S/C14H12ClNO/c1-10(17)11-2-6-13(7-3-11)16-14-8-4-12(15)5-9-14/h2-9,16H,1H3. The average Bonchev–Trinajstić information content (AvgIpc) is 2.33. The topological polar surface area (TPSA) is 29.1 Å². The summed E-state index contributed by atoms with van der Waals surface area (Å²) in [6, 6.07) is 14.8. The number of nitrogens with one attached hydrogen (secondary N) is 1. The molecule has 0 heterocycles. The van der Waals surface area contributed by atoms with E-state index in [1.165, 1.54) is 0 Å². The van der Waals surface area contributed by atoms with Crippen LogP contribution >= 0.6 is 11.6 Å². The number of rotatable bonds is 3. The molecular formula is C14H12ClNO. The molecule has 0 saturated heterocycles. The van der Waals surface area contributed by atoms with Crippen molar-refractivity contribution < 1.29 is 4.79 Å². The summed E-state index contributed by atoms with van der Waals surface area (Å²) in [6.07, 6.45) is 0. The minimum Gasteiger partial charge on any atom is -0.356 e. The van der Waals surface area contributed by atoms with Gasteiger partial charge in [0.25, 0.3) is 0 Å². The molecule has 0 aliphatic heterocycles. The molecule has 0 atom stereocenters. The molecule has 2 aromatic carbocycles. The van der Waals surface area contributed by atoms with E-state index >= 15 is 0 Å². The summed E-state index contributed by atoms with van der Waals surface area (Å²) in [6.45, 7) is 1.56. The lowest BCUT2D eigenvalue weighted by atomic mass is 10.1. The molecule has 17 heavy (non-hydrogen) atoms. The maximum atomic E-state index is 11.1. The zero-order valence-electron chi connectivity index (χ0n) is 9.41. The number of Topliss-reactive ketones (excluding diaryl/α,β-unsaturated/α-hetero) is 1. The van der Waals surface area contributed by atoms with E-state index in [1.54, 1.807) is 19.1 Å². The Hall–Kier alpha value is -1.80. The Morgan fingerprint density at radius 1 is 0.941 bits per heavy atom. The van der Waals surface area contributed by atoms with Gasteiger partial charge in [0.05, 0.1) is 0 Å². The Morgan fingerprint density at radius 3 is 1.88 bits per heavy atom. The van der Waals surface area contributed by atoms with Gasteiger partial charge in [0.1, 0.15) is 0 Å². The van der Waals surface area contributed by atoms with E-state index in [0.29, 0.717) is 10.6 Å². The molecule has 1 N–H and O–H groups in total. The first-order valence-corrected chi connectivity index (χ1v) is 5.66. The molecule has 0 aliphatic carbocycles. The van der Waals surface area contributed by atoms with Gasteiger partial charge in [-0.05, 0) is 55.5 Å². The van der Waals surface area contributed by atoms with Crippen LogP contribution in [-0.4, -0.2) is 5.78 Å². The monoisotopic (exact) mass is 245 g/mol. The minimum atomic E-state index is 0.0723. The maximum Gasteiger partial charge on any atom is 0.159 e. The summed E-state index contributed by atoms with van der Waals surface area (Å²) >= 11 is 5.81. The number of hydrogen-bond acceptors (Lipinski definition) is 2. The molecular weight excluding hydrogens is 234 g/mol. The van der Waals surface area contributed by atoms with Gasteiger partial charge in [0, 0.05) is 22.0 Å². The number of carbonyl (C=O) groups is 1. The molecule has 0 spiro atoms. The third-order valence-electron chi connectivity index (χ3n) is 2.42. The normalized spacial score (nSPS) is 10.0. The van der Waals surface area contributed by atoms with Crippen molar-refractivity contribution >= 4 is 28.8 Å². The van der Waals surface area contributed by atoms with Crippen LogP contribution in [0.2, 0.25) is 5.02 Å². The Labute approximate surface area is 105 Å². The van der Waals surface area contributed by atoms with Crippen LogP contribution in [0.25, 0.3) is 0 Å². The van der Waals surface area contributed by atoms with Crippen LogP contribution in [0, 0.1) is 0 Å². The second-order valence-electron chi connectivity index (χ2n) is 3.77. The van der Waals surface area contributed by atoms with E-state index in [0.717, 1.165) is 11.4 Å². The van der Waals surface area contributed by atoms with Crippen molar-refractivity contribution in [3.8, 4) is 0 Å². The van der Waals surface area contributed by atoms with Crippen molar-refractivity contribution in [1.82, 2.24) is 0 Å². The van der Waals surface area contributed by atoms with Crippen molar-refractivity contribution in [2.24, 2.45) is 0 Å². The number of hydrogen-bond donors (Lipinski definition) is 1. The molecule has 2 rings (SSSR count). The van der Waals surface area contributed by atoms with Gasteiger partial charge in [0.15, 0.2) is 5.78 Å². The van der Waals surface area contributed by atoms with Gasteiger partial charge in [-0.1, -0.05) is 11.6 Å². The van der Waals surface area contributed by atoms with Crippen molar-refractivity contribution in [2.45, 2.75) is 6.92 Å². The molecule has 0 aliphatic rings. The van der Waals surface area contributed by atoms with Gasteiger partial charge in [0.2, 0.25) is 0 Å². The maximum absolute atomic E-state index is 11.1. The number of benzene rings is 2. The lowest BCUT2D eigenvalue weighted by molar-refractivity contribution is 0.101. The first-order valence-electron chi connectivity index (χ1n) is 5.29. The lowest BCUT2D eigenvalue weighted by Gasteiger charge is -2.06. The second-order valence-corrected chi connectivity index (χ2v) is 4.20. The van der Waals surface area contributed by atoms with E-state index in [9.17, 15) is 4.79 Å². The van der Waals surface area contributed by atoms with Crippen molar-refractivity contribution in [2.75, 3.05) is 5.32 Å². The number of anilines is 2. The van der Waals surface area contributed by atoms with Crippen molar-refractivity contribution in [1.29, 1.82) is 0 Å². The highest BCUT2D eigenvalue weighted by atomic mass is 35.5. The summed E-state index contributed by atoms with van der Waals surface area (Å²) in [4.78, 5) is 11.1. The number of ketones is 1. The second kappa shape index (κ2) is 5.02. The molecule has 3 heteroatoms. The van der Waals surface area contributed by atoms with Crippen LogP contribution in [-0.2, 0) is 0 Å². The van der Waals surface area contributed by atoms with Gasteiger partial charge < -0.3 is 5.32 Å². The van der Waals surface area contributed by atoms with Crippen LogP contribution in [0.1, 0.15) is 17.3 Å². The van der Waals surface area contributed by atoms with Gasteiger partial charge in [-0.3, -0.25) is 4.79 Å². The van der Waals surface area contributed by atoms with Crippen molar-refractivity contribution in [3.63, 3.8) is 0 Å². The molecule has 86 valence electrons. The van der Waals surface area contributed by atoms with Crippen LogP contribution in [0.3, 0.4) is 0 Å². The summed E-state index contributed by atoms with van der Waals surface area (Å²) < 4.78 is 0. The fourth-order valence-electron chi connectivity index (χ4n) is 1.49. The fraction of sp³-hybridized carbons (Fsp3) is 0.0714. The van der Waals surface area contributed by atoms with E-state index < -0.39 is 0 Å². The van der Waals surface area contributed by atoms with E-state index in [-0.39, 0.29) is 5.78 Å². The summed E-state index contributed by atoms with van der Waals surface area (Å²) in [5, 5.41) is 3.94. The van der Waals surface area contributed by atoms with Gasteiger partial charge in [-0.25, -0.2) is 0 Å². The first kappa shape index (κ1) is 11.7. The smallest absolute Gasteiger partial charge is 0.159 e. The van der Waals surface area contributed by atoms with Crippen LogP contribution in [0.15, 0.2) is 48.5 Å². The highest BCUT2D eigenvalue weighted by Gasteiger charge is 1.99. The van der Waals surface area contributed by atoms with Crippen LogP contribution in [0.4, 0.5) is 11.4 Å². The van der Waals surface area contributed by atoms with Crippen LogP contribution in [0.5, 0.6) is 0 Å². The third kappa shape index (κ3) is 3.08. The zero-order chi connectivity index (χ0) is 12.3. The molecule has 0 unspecified atom stereocenters. The summed E-state index contributed by atoms with van der Waals surface area (Å²) in [7, 11) is 0. The van der Waals surface area contributed by atoms with Crippen molar-refractivity contribution in [3.05, 3.63) is 59.1 Å². The molecule has 2 nitrogen and oxygen atoms in total.